The standard InChI is InChI=1S/C23H26FN5O/c1-5-28(6-2)20-11-7-18(8-12-20)23(30)26-25-15-22-16(3)27-29(17(22)4)21-13-9-19(24)10-14-21/h7-15H,5-6H2,1-4H3,(H,26,30)/b25-15-. The maximum atomic E-state index is 13.2. The molecular formula is C23H26FN5O. The highest BCUT2D eigenvalue weighted by atomic mass is 19.1. The first-order valence-electron chi connectivity index (χ1n) is 9.95. The molecule has 0 atom stereocenters. The number of aryl methyl sites for hydroxylation is 1. The minimum Gasteiger partial charge on any atom is -0.372 e. The molecule has 1 heterocycles. The van der Waals surface area contributed by atoms with Crippen LogP contribution in [0.15, 0.2) is 53.6 Å². The molecule has 0 unspecified atom stereocenters. The van der Waals surface area contributed by atoms with Crippen LogP contribution in [-0.4, -0.2) is 35.0 Å². The Morgan fingerprint density at radius 1 is 1.10 bits per heavy atom. The SMILES string of the molecule is CCN(CC)c1ccc(C(=O)N/N=C\c2c(C)nn(-c3ccc(F)cc3)c2C)cc1. The summed E-state index contributed by atoms with van der Waals surface area (Å²) >= 11 is 0. The number of carbonyl (C=O) groups excluding carboxylic acids is 1. The van der Waals surface area contributed by atoms with Crippen molar-refractivity contribution in [1.82, 2.24) is 15.2 Å². The molecule has 1 amide bonds. The van der Waals surface area contributed by atoms with Gasteiger partial charge in [0, 0.05) is 29.9 Å². The lowest BCUT2D eigenvalue weighted by Crippen LogP contribution is -2.22. The zero-order valence-electron chi connectivity index (χ0n) is 17.7. The number of amides is 1. The molecule has 0 aliphatic heterocycles. The third kappa shape index (κ3) is 4.56. The summed E-state index contributed by atoms with van der Waals surface area (Å²) in [5.74, 6) is -0.575. The molecule has 0 radical (unpaired) electrons. The third-order valence-corrected chi connectivity index (χ3v) is 5.04. The van der Waals surface area contributed by atoms with Crippen LogP contribution in [-0.2, 0) is 0 Å². The van der Waals surface area contributed by atoms with Crippen molar-refractivity contribution >= 4 is 17.8 Å². The highest BCUT2D eigenvalue weighted by Crippen LogP contribution is 2.17. The van der Waals surface area contributed by atoms with Gasteiger partial charge in [0.1, 0.15) is 5.82 Å². The van der Waals surface area contributed by atoms with E-state index in [2.05, 4.69) is 34.4 Å². The van der Waals surface area contributed by atoms with E-state index in [1.165, 1.54) is 12.1 Å². The summed E-state index contributed by atoms with van der Waals surface area (Å²) in [5, 5.41) is 8.60. The Kier molecular flexibility index (Phi) is 6.61. The van der Waals surface area contributed by atoms with E-state index in [1.807, 2.05) is 26.0 Å². The molecule has 6 nitrogen and oxygen atoms in total. The number of hydrogen-bond acceptors (Lipinski definition) is 4. The van der Waals surface area contributed by atoms with Gasteiger partial charge in [-0.3, -0.25) is 4.79 Å². The number of carbonyl (C=O) groups is 1. The van der Waals surface area contributed by atoms with Crippen molar-refractivity contribution < 1.29 is 9.18 Å². The second kappa shape index (κ2) is 9.35. The Hall–Kier alpha value is -3.48. The van der Waals surface area contributed by atoms with E-state index in [9.17, 15) is 9.18 Å². The number of aromatic nitrogens is 2. The van der Waals surface area contributed by atoms with E-state index in [-0.39, 0.29) is 11.7 Å². The molecule has 0 aliphatic rings. The number of benzene rings is 2. The summed E-state index contributed by atoms with van der Waals surface area (Å²) in [6.07, 6.45) is 1.58. The molecule has 3 rings (SSSR count). The quantitative estimate of drug-likeness (QED) is 0.471. The van der Waals surface area contributed by atoms with E-state index >= 15 is 0 Å². The van der Waals surface area contributed by atoms with Gasteiger partial charge >= 0.3 is 0 Å². The zero-order valence-corrected chi connectivity index (χ0v) is 17.7. The molecule has 0 aliphatic carbocycles. The predicted molar refractivity (Wildman–Crippen MR) is 118 cm³/mol. The van der Waals surface area contributed by atoms with Gasteiger partial charge < -0.3 is 4.90 Å². The molecule has 7 heteroatoms. The molecule has 0 fully saturated rings. The van der Waals surface area contributed by atoms with Crippen LogP contribution in [0.2, 0.25) is 0 Å². The Morgan fingerprint density at radius 3 is 2.33 bits per heavy atom. The summed E-state index contributed by atoms with van der Waals surface area (Å²) < 4.78 is 14.9. The van der Waals surface area contributed by atoms with Crippen molar-refractivity contribution in [2.45, 2.75) is 27.7 Å². The van der Waals surface area contributed by atoms with Crippen LogP contribution in [0.4, 0.5) is 10.1 Å². The molecule has 0 saturated carbocycles. The van der Waals surface area contributed by atoms with Crippen LogP contribution in [0, 0.1) is 19.7 Å². The largest absolute Gasteiger partial charge is 0.372 e. The van der Waals surface area contributed by atoms with Crippen LogP contribution in [0.3, 0.4) is 0 Å². The lowest BCUT2D eigenvalue weighted by molar-refractivity contribution is 0.0955. The zero-order chi connectivity index (χ0) is 21.7. The van der Waals surface area contributed by atoms with Crippen LogP contribution in [0.1, 0.15) is 41.2 Å². The molecule has 0 spiro atoms. The lowest BCUT2D eigenvalue weighted by atomic mass is 10.2. The normalized spacial score (nSPS) is 11.1. The highest BCUT2D eigenvalue weighted by molar-refractivity contribution is 5.95. The second-order valence-corrected chi connectivity index (χ2v) is 6.89. The van der Waals surface area contributed by atoms with Crippen LogP contribution in [0.25, 0.3) is 5.69 Å². The van der Waals surface area contributed by atoms with E-state index < -0.39 is 0 Å². The first-order chi connectivity index (χ1) is 14.4. The smallest absolute Gasteiger partial charge is 0.271 e. The fraction of sp³-hybridized carbons (Fsp3) is 0.261. The van der Waals surface area contributed by atoms with Crippen molar-refractivity contribution in [1.29, 1.82) is 0 Å². The summed E-state index contributed by atoms with van der Waals surface area (Å²) in [7, 11) is 0. The van der Waals surface area contributed by atoms with E-state index in [4.69, 9.17) is 0 Å². The number of nitrogens with one attached hydrogen (secondary N) is 1. The summed E-state index contributed by atoms with van der Waals surface area (Å²) in [4.78, 5) is 14.6. The maximum absolute atomic E-state index is 13.2. The highest BCUT2D eigenvalue weighted by Gasteiger charge is 2.12. The lowest BCUT2D eigenvalue weighted by Gasteiger charge is -2.20. The van der Waals surface area contributed by atoms with Gasteiger partial charge in [-0.05, 0) is 76.2 Å². The molecule has 1 N–H and O–H groups in total. The minimum atomic E-state index is -0.296. The van der Waals surface area contributed by atoms with Crippen molar-refractivity contribution in [3.8, 4) is 5.69 Å². The molecule has 2 aromatic carbocycles. The number of hydrazone groups is 1. The van der Waals surface area contributed by atoms with E-state index in [0.717, 1.165) is 41.4 Å². The Labute approximate surface area is 176 Å². The van der Waals surface area contributed by atoms with E-state index in [1.54, 1.807) is 35.2 Å². The summed E-state index contributed by atoms with van der Waals surface area (Å²) in [6.45, 7) is 9.79. The average Bonchev–Trinajstić information content (AvgIpc) is 3.04. The fourth-order valence-corrected chi connectivity index (χ4v) is 3.31. The van der Waals surface area contributed by atoms with Crippen molar-refractivity contribution in [2.24, 2.45) is 5.10 Å². The Bertz CT molecular complexity index is 1030. The van der Waals surface area contributed by atoms with E-state index in [0.29, 0.717) is 5.56 Å². The van der Waals surface area contributed by atoms with Gasteiger partial charge in [0.25, 0.3) is 5.91 Å². The van der Waals surface area contributed by atoms with Gasteiger partial charge in [0.05, 0.1) is 23.3 Å². The topological polar surface area (TPSA) is 62.5 Å². The molecule has 0 saturated heterocycles. The second-order valence-electron chi connectivity index (χ2n) is 6.89. The average molecular weight is 407 g/mol. The van der Waals surface area contributed by atoms with Gasteiger partial charge in [-0.2, -0.15) is 10.2 Å². The first-order valence-corrected chi connectivity index (χ1v) is 9.95. The number of rotatable bonds is 7. The van der Waals surface area contributed by atoms with Crippen molar-refractivity contribution in [3.05, 3.63) is 76.9 Å². The number of hydrogen-bond donors (Lipinski definition) is 1. The first kappa shape index (κ1) is 21.2. The van der Waals surface area contributed by atoms with Gasteiger partial charge in [0.15, 0.2) is 0 Å². The van der Waals surface area contributed by atoms with Gasteiger partial charge in [-0.25, -0.2) is 14.5 Å². The van der Waals surface area contributed by atoms with Crippen LogP contribution < -0.4 is 10.3 Å². The van der Waals surface area contributed by atoms with Gasteiger partial charge in [-0.15, -0.1) is 0 Å². The van der Waals surface area contributed by atoms with Crippen molar-refractivity contribution in [3.63, 3.8) is 0 Å². The third-order valence-electron chi connectivity index (χ3n) is 5.04. The number of halogens is 1. The van der Waals surface area contributed by atoms with Crippen molar-refractivity contribution in [2.75, 3.05) is 18.0 Å². The number of anilines is 1. The molecular weight excluding hydrogens is 381 g/mol. The Balaban J connectivity index is 1.71. The fourth-order valence-electron chi connectivity index (χ4n) is 3.31. The van der Waals surface area contributed by atoms with Crippen LogP contribution in [0.5, 0.6) is 0 Å². The molecule has 156 valence electrons. The predicted octanol–water partition coefficient (Wildman–Crippen LogP) is 4.24. The number of nitrogens with zero attached hydrogens (tertiary/aromatic N) is 4. The van der Waals surface area contributed by atoms with Gasteiger partial charge in [0.2, 0.25) is 0 Å². The molecule has 0 bridgehead atoms. The summed E-state index contributed by atoms with van der Waals surface area (Å²) in [5.41, 5.74) is 7.36. The Morgan fingerprint density at radius 2 is 1.73 bits per heavy atom. The molecule has 3 aromatic rings. The van der Waals surface area contributed by atoms with Gasteiger partial charge in [-0.1, -0.05) is 0 Å². The molecule has 30 heavy (non-hydrogen) atoms. The maximum Gasteiger partial charge on any atom is 0.271 e. The summed E-state index contributed by atoms with van der Waals surface area (Å²) in [6, 6.07) is 13.6. The molecule has 1 aromatic heterocycles. The van der Waals surface area contributed by atoms with Crippen LogP contribution >= 0.6 is 0 Å². The monoisotopic (exact) mass is 407 g/mol. The minimum absolute atomic E-state index is 0.279.